The van der Waals surface area contributed by atoms with Crippen molar-refractivity contribution in [3.05, 3.63) is 64.1 Å². The molecule has 1 aromatic carbocycles. The van der Waals surface area contributed by atoms with E-state index in [4.69, 9.17) is 0 Å². The molecule has 2 N–H and O–H groups in total. The van der Waals surface area contributed by atoms with Crippen molar-refractivity contribution in [3.63, 3.8) is 0 Å². The number of amides is 1. The molecule has 2 unspecified atom stereocenters. The van der Waals surface area contributed by atoms with Crippen molar-refractivity contribution >= 4 is 5.91 Å². The fourth-order valence-electron chi connectivity index (χ4n) is 2.72. The van der Waals surface area contributed by atoms with E-state index in [1.54, 1.807) is 6.92 Å². The van der Waals surface area contributed by atoms with E-state index >= 15 is 0 Å². The van der Waals surface area contributed by atoms with Crippen LogP contribution >= 0.6 is 0 Å². The van der Waals surface area contributed by atoms with Gasteiger partial charge in [-0.3, -0.25) is 9.59 Å². The average Bonchev–Trinajstić information content (AvgIpc) is 2.61. The lowest BCUT2D eigenvalue weighted by molar-refractivity contribution is 0.0938. The first kappa shape index (κ1) is 18.9. The van der Waals surface area contributed by atoms with Gasteiger partial charge >= 0.3 is 0 Å². The number of nitrogens with zero attached hydrogens (tertiary/aromatic N) is 2. The van der Waals surface area contributed by atoms with Gasteiger partial charge in [0.1, 0.15) is 5.69 Å². The van der Waals surface area contributed by atoms with Gasteiger partial charge in [-0.15, -0.1) is 0 Å². The highest BCUT2D eigenvalue weighted by atomic mass is 16.3. The maximum Gasteiger partial charge on any atom is 0.271 e. The molecule has 0 saturated heterocycles. The first-order valence-corrected chi connectivity index (χ1v) is 8.60. The minimum Gasteiger partial charge on any atom is -0.393 e. The molecule has 1 heterocycles. The summed E-state index contributed by atoms with van der Waals surface area (Å²) in [4.78, 5) is 24.1. The summed E-state index contributed by atoms with van der Waals surface area (Å²) < 4.78 is 1.30. The van der Waals surface area contributed by atoms with E-state index in [1.165, 1.54) is 16.8 Å². The zero-order chi connectivity index (χ0) is 18.2. The summed E-state index contributed by atoms with van der Waals surface area (Å²) in [5, 5.41) is 16.7. The maximum atomic E-state index is 12.4. The summed E-state index contributed by atoms with van der Waals surface area (Å²) in [6, 6.07) is 12.6. The second kappa shape index (κ2) is 9.13. The summed E-state index contributed by atoms with van der Waals surface area (Å²) in [6.45, 7) is 4.55. The molecule has 0 aliphatic carbocycles. The summed E-state index contributed by atoms with van der Waals surface area (Å²) in [5.74, 6) is -0.317. The van der Waals surface area contributed by atoms with Gasteiger partial charge in [0.05, 0.1) is 6.10 Å². The Balaban J connectivity index is 2.08. The molecule has 0 radical (unpaired) electrons. The van der Waals surface area contributed by atoms with Crippen LogP contribution in [0.4, 0.5) is 0 Å². The van der Waals surface area contributed by atoms with Gasteiger partial charge in [-0.25, -0.2) is 4.68 Å². The second-order valence-corrected chi connectivity index (χ2v) is 6.18. The Morgan fingerprint density at radius 2 is 1.96 bits per heavy atom. The number of aliphatic hydroxyl groups is 1. The van der Waals surface area contributed by atoms with Crippen LogP contribution in [0.2, 0.25) is 0 Å². The molecule has 134 valence electrons. The number of nitrogens with one attached hydrogen (secondary N) is 1. The van der Waals surface area contributed by atoms with Crippen LogP contribution in [0, 0.1) is 0 Å². The van der Waals surface area contributed by atoms with Crippen LogP contribution in [0.15, 0.2) is 47.3 Å². The summed E-state index contributed by atoms with van der Waals surface area (Å²) in [6.07, 6.45) is 0.849. The van der Waals surface area contributed by atoms with Crippen LogP contribution in [0.1, 0.15) is 48.7 Å². The standard InChI is InChI=1S/C19H25N3O3/c1-3-11-22-18(24)10-9-17(21-22)19(25)20-13-16(12-14(2)23)15-7-5-4-6-8-15/h4-10,14,16,23H,3,11-13H2,1-2H3,(H,20,25). The lowest BCUT2D eigenvalue weighted by atomic mass is 9.93. The Bertz CT molecular complexity index is 741. The SMILES string of the molecule is CCCn1nc(C(=O)NCC(CC(C)O)c2ccccc2)ccc1=O. The third-order valence-electron chi connectivity index (χ3n) is 3.94. The van der Waals surface area contributed by atoms with E-state index in [9.17, 15) is 14.7 Å². The molecule has 25 heavy (non-hydrogen) atoms. The second-order valence-electron chi connectivity index (χ2n) is 6.18. The molecular weight excluding hydrogens is 318 g/mol. The van der Waals surface area contributed by atoms with Crippen molar-refractivity contribution in [1.82, 2.24) is 15.1 Å². The normalized spacial score (nSPS) is 13.2. The topological polar surface area (TPSA) is 84.2 Å². The van der Waals surface area contributed by atoms with E-state index in [1.807, 2.05) is 37.3 Å². The quantitative estimate of drug-likeness (QED) is 0.767. The number of aromatic nitrogens is 2. The number of rotatable bonds is 8. The smallest absolute Gasteiger partial charge is 0.271 e. The molecule has 6 heteroatoms. The Kier molecular flexibility index (Phi) is 6.89. The van der Waals surface area contributed by atoms with Crippen LogP contribution in [0.3, 0.4) is 0 Å². The summed E-state index contributed by atoms with van der Waals surface area (Å²) in [5.41, 5.74) is 1.07. The van der Waals surface area contributed by atoms with Gasteiger partial charge in [-0.1, -0.05) is 37.3 Å². The molecular formula is C19H25N3O3. The summed E-state index contributed by atoms with van der Waals surface area (Å²) in [7, 11) is 0. The number of aliphatic hydroxyl groups excluding tert-OH is 1. The first-order chi connectivity index (χ1) is 12.0. The van der Waals surface area contributed by atoms with E-state index in [2.05, 4.69) is 10.4 Å². The van der Waals surface area contributed by atoms with Gasteiger partial charge in [-0.05, 0) is 31.4 Å². The zero-order valence-electron chi connectivity index (χ0n) is 14.7. The number of aryl methyl sites for hydroxylation is 1. The minimum atomic E-state index is -0.466. The lowest BCUT2D eigenvalue weighted by Crippen LogP contribution is -2.32. The van der Waals surface area contributed by atoms with Crippen LogP contribution in [-0.2, 0) is 6.54 Å². The van der Waals surface area contributed by atoms with E-state index < -0.39 is 6.10 Å². The average molecular weight is 343 g/mol. The fraction of sp³-hybridized carbons (Fsp3) is 0.421. The van der Waals surface area contributed by atoms with Gasteiger partial charge in [0, 0.05) is 25.1 Å². The molecule has 2 atom stereocenters. The Hall–Kier alpha value is -2.47. The highest BCUT2D eigenvalue weighted by Crippen LogP contribution is 2.20. The largest absolute Gasteiger partial charge is 0.393 e. The summed E-state index contributed by atoms with van der Waals surface area (Å²) >= 11 is 0. The fourth-order valence-corrected chi connectivity index (χ4v) is 2.72. The minimum absolute atomic E-state index is 0.00620. The van der Waals surface area contributed by atoms with Gasteiger partial charge in [0.15, 0.2) is 0 Å². The monoisotopic (exact) mass is 343 g/mol. The molecule has 0 fully saturated rings. The van der Waals surface area contributed by atoms with Gasteiger partial charge in [-0.2, -0.15) is 5.10 Å². The molecule has 0 bridgehead atoms. The highest BCUT2D eigenvalue weighted by molar-refractivity contribution is 5.92. The Labute approximate surface area is 147 Å². The molecule has 6 nitrogen and oxygen atoms in total. The predicted molar refractivity (Wildman–Crippen MR) is 96.6 cm³/mol. The van der Waals surface area contributed by atoms with Gasteiger partial charge in [0.2, 0.25) is 0 Å². The highest BCUT2D eigenvalue weighted by Gasteiger charge is 2.17. The maximum absolute atomic E-state index is 12.4. The van der Waals surface area contributed by atoms with Crippen molar-refractivity contribution in [2.75, 3.05) is 6.54 Å². The number of hydrogen-bond donors (Lipinski definition) is 2. The van der Waals surface area contributed by atoms with Crippen LogP contribution in [0.5, 0.6) is 0 Å². The molecule has 2 aromatic rings. The molecule has 0 aliphatic rings. The van der Waals surface area contributed by atoms with Crippen LogP contribution in [0.25, 0.3) is 0 Å². The van der Waals surface area contributed by atoms with Gasteiger partial charge < -0.3 is 10.4 Å². The molecule has 1 amide bonds. The van der Waals surface area contributed by atoms with E-state index in [-0.39, 0.29) is 23.1 Å². The number of carbonyl (C=O) groups excluding carboxylic acids is 1. The van der Waals surface area contributed by atoms with Crippen molar-refractivity contribution < 1.29 is 9.90 Å². The van der Waals surface area contributed by atoms with E-state index in [0.717, 1.165) is 12.0 Å². The van der Waals surface area contributed by atoms with Crippen molar-refractivity contribution in [1.29, 1.82) is 0 Å². The van der Waals surface area contributed by atoms with Crippen molar-refractivity contribution in [3.8, 4) is 0 Å². The van der Waals surface area contributed by atoms with Crippen LogP contribution < -0.4 is 10.9 Å². The third kappa shape index (κ3) is 5.53. The molecule has 0 spiro atoms. The van der Waals surface area contributed by atoms with Crippen molar-refractivity contribution in [2.45, 2.75) is 45.3 Å². The van der Waals surface area contributed by atoms with Crippen LogP contribution in [-0.4, -0.2) is 33.4 Å². The third-order valence-corrected chi connectivity index (χ3v) is 3.94. The van der Waals surface area contributed by atoms with E-state index in [0.29, 0.717) is 19.5 Å². The van der Waals surface area contributed by atoms with Crippen molar-refractivity contribution in [2.24, 2.45) is 0 Å². The molecule has 0 aliphatic heterocycles. The Morgan fingerprint density at radius 3 is 2.60 bits per heavy atom. The predicted octanol–water partition coefficient (Wildman–Crippen LogP) is 1.94. The van der Waals surface area contributed by atoms with Gasteiger partial charge in [0.25, 0.3) is 11.5 Å². The number of carbonyl (C=O) groups is 1. The number of hydrogen-bond acceptors (Lipinski definition) is 4. The first-order valence-electron chi connectivity index (χ1n) is 8.60. The zero-order valence-corrected chi connectivity index (χ0v) is 14.7. The number of benzene rings is 1. The molecule has 2 rings (SSSR count). The Morgan fingerprint density at radius 1 is 1.24 bits per heavy atom. The lowest BCUT2D eigenvalue weighted by Gasteiger charge is -2.19. The molecule has 1 aromatic heterocycles. The molecule has 0 saturated carbocycles.